The van der Waals surface area contributed by atoms with Crippen LogP contribution < -0.4 is 9.47 Å². The van der Waals surface area contributed by atoms with Crippen molar-refractivity contribution in [2.24, 2.45) is 0 Å². The molecule has 0 unspecified atom stereocenters. The van der Waals surface area contributed by atoms with Gasteiger partial charge in [0.2, 0.25) is 0 Å². The van der Waals surface area contributed by atoms with E-state index in [0.29, 0.717) is 27.8 Å². The van der Waals surface area contributed by atoms with Gasteiger partial charge in [-0.25, -0.2) is 0 Å². The van der Waals surface area contributed by atoms with Gasteiger partial charge in [0.1, 0.15) is 5.03 Å². The summed E-state index contributed by atoms with van der Waals surface area (Å²) >= 11 is 1.22. The minimum Gasteiger partial charge on any atom is -0.493 e. The van der Waals surface area contributed by atoms with Gasteiger partial charge >= 0.3 is 0 Å². The summed E-state index contributed by atoms with van der Waals surface area (Å²) in [5, 5.41) is 19.8. The predicted molar refractivity (Wildman–Crippen MR) is 109 cm³/mol. The molecule has 29 heavy (non-hydrogen) atoms. The van der Waals surface area contributed by atoms with Crippen LogP contribution in [0.15, 0.2) is 59.6 Å². The van der Waals surface area contributed by atoms with Crippen LogP contribution in [-0.2, 0) is 0 Å². The minimum atomic E-state index is -0.526. The maximum absolute atomic E-state index is 12.3. The van der Waals surface area contributed by atoms with Gasteiger partial charge in [-0.2, -0.15) is 0 Å². The second-order valence-electron chi connectivity index (χ2n) is 5.85. The molecule has 0 saturated carbocycles. The van der Waals surface area contributed by atoms with Crippen LogP contribution in [0.3, 0.4) is 0 Å². The molecule has 8 nitrogen and oxygen atoms in total. The number of non-ortho nitro benzene ring substituents is 1. The molecule has 0 aliphatic carbocycles. The second kappa shape index (κ2) is 9.16. The largest absolute Gasteiger partial charge is 0.493 e. The molecule has 1 heterocycles. The molecule has 0 aliphatic rings. The number of aromatic nitrogens is 2. The first kappa shape index (κ1) is 20.3. The number of nitro groups is 1. The number of nitrogens with zero attached hydrogens (tertiary/aromatic N) is 3. The van der Waals surface area contributed by atoms with Crippen LogP contribution in [0, 0.1) is 10.1 Å². The number of hydrogen-bond donors (Lipinski definition) is 0. The van der Waals surface area contributed by atoms with Crippen LogP contribution in [0.1, 0.15) is 10.4 Å². The molecule has 0 bridgehead atoms. The summed E-state index contributed by atoms with van der Waals surface area (Å²) in [6.45, 7) is 0. The number of ether oxygens (including phenoxy) is 2. The number of hydrogen-bond acceptors (Lipinski definition) is 8. The third-order valence-corrected chi connectivity index (χ3v) is 4.97. The molecule has 2 aromatic carbocycles. The van der Waals surface area contributed by atoms with Gasteiger partial charge in [-0.15, -0.1) is 10.2 Å². The molecule has 0 atom stereocenters. The maximum Gasteiger partial charge on any atom is 0.270 e. The van der Waals surface area contributed by atoms with E-state index in [9.17, 15) is 14.9 Å². The molecule has 3 aromatic rings. The van der Waals surface area contributed by atoms with E-state index in [1.807, 2.05) is 12.1 Å². The lowest BCUT2D eigenvalue weighted by Crippen LogP contribution is -2.03. The molecule has 1 aromatic heterocycles. The van der Waals surface area contributed by atoms with E-state index in [-0.39, 0.29) is 17.2 Å². The molecule has 148 valence electrons. The molecule has 0 aliphatic heterocycles. The summed E-state index contributed by atoms with van der Waals surface area (Å²) < 4.78 is 10.5. The Morgan fingerprint density at radius 2 is 1.83 bits per heavy atom. The summed E-state index contributed by atoms with van der Waals surface area (Å²) in [6.07, 6.45) is 0. The molecule has 0 saturated heterocycles. The Morgan fingerprint density at radius 1 is 1.03 bits per heavy atom. The number of rotatable bonds is 8. The van der Waals surface area contributed by atoms with E-state index >= 15 is 0 Å². The minimum absolute atomic E-state index is 0.103. The van der Waals surface area contributed by atoms with Gasteiger partial charge in [0.25, 0.3) is 5.69 Å². The average molecular weight is 411 g/mol. The standard InChI is InChI=1S/C20H17N3O5S/c1-27-18-8-6-13(11-19(18)28-2)16-7-9-20(22-21-16)29-12-17(24)14-4-3-5-15(10-14)23(25)26/h3-11H,12H2,1-2H3. The normalized spacial score (nSPS) is 10.4. The molecule has 0 N–H and O–H groups in total. The molecule has 0 radical (unpaired) electrons. The van der Waals surface area contributed by atoms with Gasteiger partial charge in [0.15, 0.2) is 17.3 Å². The smallest absolute Gasteiger partial charge is 0.270 e. The highest BCUT2D eigenvalue weighted by molar-refractivity contribution is 7.99. The topological polar surface area (TPSA) is 104 Å². The van der Waals surface area contributed by atoms with E-state index in [1.165, 1.54) is 30.0 Å². The number of Topliss-reactive ketones (excluding diaryl/α,β-unsaturated/α-hetero) is 1. The summed E-state index contributed by atoms with van der Waals surface area (Å²) in [4.78, 5) is 22.6. The number of nitro benzene ring substituents is 1. The van der Waals surface area contributed by atoms with Crippen LogP contribution in [0.25, 0.3) is 11.3 Å². The number of ketones is 1. The van der Waals surface area contributed by atoms with Gasteiger partial charge in [-0.1, -0.05) is 23.9 Å². The summed E-state index contributed by atoms with van der Waals surface area (Å²) in [7, 11) is 3.13. The number of methoxy groups -OCH3 is 2. The fourth-order valence-electron chi connectivity index (χ4n) is 2.56. The lowest BCUT2D eigenvalue weighted by atomic mass is 10.1. The van der Waals surface area contributed by atoms with Gasteiger partial charge in [-0.05, 0) is 30.3 Å². The van der Waals surface area contributed by atoms with Crippen molar-refractivity contribution in [2.75, 3.05) is 20.0 Å². The molecule has 3 rings (SSSR count). The fourth-order valence-corrected chi connectivity index (χ4v) is 3.27. The van der Waals surface area contributed by atoms with Crippen molar-refractivity contribution in [2.45, 2.75) is 5.03 Å². The van der Waals surface area contributed by atoms with Gasteiger partial charge in [0, 0.05) is 23.3 Å². The quantitative estimate of drug-likeness (QED) is 0.237. The molecule has 0 fully saturated rings. The van der Waals surface area contributed by atoms with Crippen LogP contribution in [0.5, 0.6) is 11.5 Å². The lowest BCUT2D eigenvalue weighted by molar-refractivity contribution is -0.384. The van der Waals surface area contributed by atoms with E-state index < -0.39 is 4.92 Å². The first-order valence-corrected chi connectivity index (χ1v) is 9.47. The van der Waals surface area contributed by atoms with Crippen molar-refractivity contribution in [3.63, 3.8) is 0 Å². The fraction of sp³-hybridized carbons (Fsp3) is 0.150. The zero-order valence-corrected chi connectivity index (χ0v) is 16.5. The van der Waals surface area contributed by atoms with E-state index in [4.69, 9.17) is 9.47 Å². The SMILES string of the molecule is COc1ccc(-c2ccc(SCC(=O)c3cccc([N+](=O)[O-])c3)nn2)cc1OC. The van der Waals surface area contributed by atoms with Crippen LogP contribution >= 0.6 is 11.8 Å². The zero-order chi connectivity index (χ0) is 20.8. The van der Waals surface area contributed by atoms with Crippen molar-refractivity contribution >= 4 is 23.2 Å². The van der Waals surface area contributed by atoms with Crippen LogP contribution in [0.4, 0.5) is 5.69 Å². The zero-order valence-electron chi connectivity index (χ0n) is 15.7. The molecule has 0 spiro atoms. The highest BCUT2D eigenvalue weighted by Crippen LogP contribution is 2.31. The lowest BCUT2D eigenvalue weighted by Gasteiger charge is -2.09. The third-order valence-electron chi connectivity index (χ3n) is 4.05. The van der Waals surface area contributed by atoms with E-state index in [2.05, 4.69) is 10.2 Å². The Kier molecular flexibility index (Phi) is 6.40. The van der Waals surface area contributed by atoms with Crippen molar-refractivity contribution in [3.05, 3.63) is 70.3 Å². The van der Waals surface area contributed by atoms with Crippen LogP contribution in [-0.4, -0.2) is 40.9 Å². The molecular weight excluding hydrogens is 394 g/mol. The molecule has 9 heteroatoms. The highest BCUT2D eigenvalue weighted by Gasteiger charge is 2.13. The average Bonchev–Trinajstić information content (AvgIpc) is 2.77. The number of carbonyl (C=O) groups is 1. The first-order valence-electron chi connectivity index (χ1n) is 8.48. The van der Waals surface area contributed by atoms with Gasteiger partial charge < -0.3 is 9.47 Å². The van der Waals surface area contributed by atoms with Gasteiger partial charge in [0.05, 0.1) is 30.6 Å². The van der Waals surface area contributed by atoms with Crippen molar-refractivity contribution in [1.29, 1.82) is 0 Å². The summed E-state index contributed by atoms with van der Waals surface area (Å²) in [5.74, 6) is 1.10. The van der Waals surface area contributed by atoms with Gasteiger partial charge in [-0.3, -0.25) is 14.9 Å². The predicted octanol–water partition coefficient (Wildman–Crippen LogP) is 4.04. The highest BCUT2D eigenvalue weighted by atomic mass is 32.2. The molecular formula is C20H17N3O5S. The first-order chi connectivity index (χ1) is 14.0. The number of carbonyl (C=O) groups excluding carboxylic acids is 1. The van der Waals surface area contributed by atoms with Crippen molar-refractivity contribution < 1.29 is 19.2 Å². The Bertz CT molecular complexity index is 1040. The monoisotopic (exact) mass is 411 g/mol. The van der Waals surface area contributed by atoms with Crippen molar-refractivity contribution in [3.8, 4) is 22.8 Å². The van der Waals surface area contributed by atoms with Crippen LogP contribution in [0.2, 0.25) is 0 Å². The Hall–Kier alpha value is -3.46. The maximum atomic E-state index is 12.3. The number of thioether (sulfide) groups is 1. The number of benzene rings is 2. The Labute approximate surface area is 171 Å². The third kappa shape index (κ3) is 4.88. The summed E-state index contributed by atoms with van der Waals surface area (Å²) in [5.41, 5.74) is 1.65. The van der Waals surface area contributed by atoms with E-state index in [1.54, 1.807) is 38.5 Å². The van der Waals surface area contributed by atoms with E-state index in [0.717, 1.165) is 5.56 Å². The van der Waals surface area contributed by atoms with Crippen molar-refractivity contribution in [1.82, 2.24) is 10.2 Å². The summed E-state index contributed by atoms with van der Waals surface area (Å²) in [6, 6.07) is 14.7. The Balaban J connectivity index is 1.67. The second-order valence-corrected chi connectivity index (χ2v) is 6.84. The molecule has 0 amide bonds. The Morgan fingerprint density at radius 3 is 2.48 bits per heavy atom.